The summed E-state index contributed by atoms with van der Waals surface area (Å²) in [5.41, 5.74) is 0.312. The number of carbonyl (C=O) groups excluding carboxylic acids is 2. The fourth-order valence-electron chi connectivity index (χ4n) is 2.88. The highest BCUT2D eigenvalue weighted by atomic mass is 16.5. The average molecular weight is 305 g/mol. The van der Waals surface area contributed by atoms with E-state index in [1.54, 1.807) is 0 Å². The molecule has 22 heavy (non-hydrogen) atoms. The van der Waals surface area contributed by atoms with E-state index in [0.29, 0.717) is 32.6 Å². The molecule has 3 rings (SSSR count). The second-order valence-corrected chi connectivity index (χ2v) is 5.86. The third-order valence-corrected chi connectivity index (χ3v) is 4.23. The maximum atomic E-state index is 11.4. The lowest BCUT2D eigenvalue weighted by Gasteiger charge is -2.44. The summed E-state index contributed by atoms with van der Waals surface area (Å²) < 4.78 is 4.54. The van der Waals surface area contributed by atoms with Crippen molar-refractivity contribution in [2.45, 2.75) is 37.9 Å². The maximum Gasteiger partial charge on any atom is 0.293 e. The van der Waals surface area contributed by atoms with Gasteiger partial charge in [0.05, 0.1) is 5.60 Å². The molecule has 5 nitrogen and oxygen atoms in total. The molecule has 2 aliphatic rings. The van der Waals surface area contributed by atoms with Crippen LogP contribution in [0.4, 0.5) is 0 Å². The minimum absolute atomic E-state index is 0.0764. The fraction of sp³-hybridized carbons (Fsp3) is 0.529. The second kappa shape index (κ2) is 8.06. The highest BCUT2D eigenvalue weighted by Crippen LogP contribution is 2.32. The van der Waals surface area contributed by atoms with Gasteiger partial charge in [-0.25, -0.2) is 0 Å². The fourth-order valence-corrected chi connectivity index (χ4v) is 2.88. The van der Waals surface area contributed by atoms with E-state index in [2.05, 4.69) is 10.1 Å². The summed E-state index contributed by atoms with van der Waals surface area (Å²) in [5, 5.41) is 12.9. The zero-order valence-corrected chi connectivity index (χ0v) is 12.7. The second-order valence-electron chi connectivity index (χ2n) is 5.86. The average Bonchev–Trinajstić information content (AvgIpc) is 2.53. The topological polar surface area (TPSA) is 75.6 Å². The van der Waals surface area contributed by atoms with Gasteiger partial charge in [-0.3, -0.25) is 9.59 Å². The Morgan fingerprint density at radius 3 is 2.55 bits per heavy atom. The molecule has 0 bridgehead atoms. The van der Waals surface area contributed by atoms with Gasteiger partial charge in [-0.2, -0.15) is 0 Å². The SMILES string of the molecule is O=C1CCCCC1C1(O)CNC1.O=COCc1ccccc1. The Kier molecular flexibility index (Phi) is 6.10. The van der Waals surface area contributed by atoms with Crippen LogP contribution in [0.5, 0.6) is 0 Å². The van der Waals surface area contributed by atoms with Gasteiger partial charge in [0, 0.05) is 25.4 Å². The van der Waals surface area contributed by atoms with Crippen molar-refractivity contribution in [2.24, 2.45) is 5.92 Å². The van der Waals surface area contributed by atoms with Crippen LogP contribution >= 0.6 is 0 Å². The van der Waals surface area contributed by atoms with Crippen LogP contribution in [0.2, 0.25) is 0 Å². The minimum atomic E-state index is -0.697. The number of aliphatic hydroxyl groups is 1. The van der Waals surface area contributed by atoms with Crippen LogP contribution in [0, 0.1) is 5.92 Å². The lowest BCUT2D eigenvalue weighted by molar-refractivity contribution is -0.140. The minimum Gasteiger partial charge on any atom is -0.463 e. The van der Waals surface area contributed by atoms with E-state index in [1.807, 2.05) is 30.3 Å². The first-order valence-electron chi connectivity index (χ1n) is 7.71. The molecule has 1 aromatic carbocycles. The van der Waals surface area contributed by atoms with Gasteiger partial charge < -0.3 is 15.2 Å². The molecule has 1 heterocycles. The van der Waals surface area contributed by atoms with Gasteiger partial charge >= 0.3 is 0 Å². The van der Waals surface area contributed by atoms with Gasteiger partial charge in [-0.15, -0.1) is 0 Å². The summed E-state index contributed by atoms with van der Waals surface area (Å²) in [6.45, 7) is 2.02. The molecular weight excluding hydrogens is 282 g/mol. The smallest absolute Gasteiger partial charge is 0.293 e. The van der Waals surface area contributed by atoms with Crippen LogP contribution < -0.4 is 5.32 Å². The van der Waals surface area contributed by atoms with E-state index in [0.717, 1.165) is 24.8 Å². The van der Waals surface area contributed by atoms with Gasteiger partial charge in [-0.1, -0.05) is 36.8 Å². The summed E-state index contributed by atoms with van der Waals surface area (Å²) >= 11 is 0. The van der Waals surface area contributed by atoms with Crippen LogP contribution in [-0.4, -0.2) is 36.1 Å². The van der Waals surface area contributed by atoms with E-state index in [-0.39, 0.29) is 11.7 Å². The number of ketones is 1. The molecule has 1 saturated carbocycles. The number of benzene rings is 1. The van der Waals surface area contributed by atoms with Gasteiger partial charge in [-0.05, 0) is 18.4 Å². The molecular formula is C17H23NO4. The number of Topliss-reactive ketones (excluding diaryl/α,β-unsaturated/α-hetero) is 1. The molecule has 120 valence electrons. The Morgan fingerprint density at radius 1 is 1.27 bits per heavy atom. The lowest BCUT2D eigenvalue weighted by Crippen LogP contribution is -2.65. The first-order chi connectivity index (χ1) is 10.7. The number of rotatable bonds is 4. The Hall–Kier alpha value is -1.72. The van der Waals surface area contributed by atoms with E-state index < -0.39 is 5.60 Å². The number of nitrogens with one attached hydrogen (secondary N) is 1. The molecule has 1 aliphatic heterocycles. The highest BCUT2D eigenvalue weighted by molar-refractivity contribution is 5.83. The summed E-state index contributed by atoms with van der Waals surface area (Å²) in [4.78, 5) is 21.2. The molecule has 0 amide bonds. The van der Waals surface area contributed by atoms with Crippen molar-refractivity contribution in [3.8, 4) is 0 Å². The normalized spacial score (nSPS) is 22.8. The van der Waals surface area contributed by atoms with Gasteiger partial charge in [0.1, 0.15) is 12.4 Å². The van der Waals surface area contributed by atoms with Crippen LogP contribution in [0.3, 0.4) is 0 Å². The third-order valence-electron chi connectivity index (χ3n) is 4.23. The summed E-state index contributed by atoms with van der Waals surface area (Å²) in [7, 11) is 0. The molecule has 2 N–H and O–H groups in total. The van der Waals surface area contributed by atoms with Gasteiger partial charge in [0.25, 0.3) is 6.47 Å². The predicted octanol–water partition coefficient (Wildman–Crippen LogP) is 1.44. The van der Waals surface area contributed by atoms with E-state index in [9.17, 15) is 14.7 Å². The molecule has 5 heteroatoms. The summed E-state index contributed by atoms with van der Waals surface area (Å²) in [5.74, 6) is 0.192. The van der Waals surface area contributed by atoms with Crippen molar-refractivity contribution >= 4 is 12.3 Å². The zero-order chi connectivity index (χ0) is 15.8. The standard InChI is InChI=1S/C9H15NO2.C8H8O2/c11-8-4-2-1-3-7(8)9(12)5-10-6-9;9-7-10-6-8-4-2-1-3-5-8/h7,10,12H,1-6H2;1-5,7H,6H2. The third kappa shape index (κ3) is 4.39. The Balaban J connectivity index is 0.000000164. The molecule has 2 fully saturated rings. The van der Waals surface area contributed by atoms with Crippen LogP contribution in [0.15, 0.2) is 30.3 Å². The van der Waals surface area contributed by atoms with Gasteiger partial charge in [0.2, 0.25) is 0 Å². The number of β-amino-alcohol motifs (C(OH)–C–C–N with tert-alkyl or cyclic N) is 1. The Morgan fingerprint density at radius 2 is 2.00 bits per heavy atom. The van der Waals surface area contributed by atoms with E-state index >= 15 is 0 Å². The highest BCUT2D eigenvalue weighted by Gasteiger charge is 2.46. The molecule has 0 radical (unpaired) electrons. The van der Waals surface area contributed by atoms with Crippen molar-refractivity contribution in [1.29, 1.82) is 0 Å². The Labute approximate surface area is 130 Å². The maximum absolute atomic E-state index is 11.4. The van der Waals surface area contributed by atoms with E-state index in [4.69, 9.17) is 0 Å². The largest absolute Gasteiger partial charge is 0.463 e. The molecule has 1 saturated heterocycles. The Bertz CT molecular complexity index is 485. The van der Waals surface area contributed by atoms with Gasteiger partial charge in [0.15, 0.2) is 0 Å². The molecule has 1 aliphatic carbocycles. The quantitative estimate of drug-likeness (QED) is 0.823. The zero-order valence-electron chi connectivity index (χ0n) is 12.7. The monoisotopic (exact) mass is 305 g/mol. The number of ether oxygens (including phenoxy) is 1. The first kappa shape index (κ1) is 16.6. The van der Waals surface area contributed by atoms with Crippen molar-refractivity contribution in [3.05, 3.63) is 35.9 Å². The molecule has 1 aromatic rings. The number of hydrogen-bond donors (Lipinski definition) is 2. The number of hydrogen-bond acceptors (Lipinski definition) is 5. The first-order valence-corrected chi connectivity index (χ1v) is 7.71. The molecule has 0 spiro atoms. The summed E-state index contributed by atoms with van der Waals surface area (Å²) in [6, 6.07) is 9.55. The molecule has 0 aromatic heterocycles. The predicted molar refractivity (Wildman–Crippen MR) is 82.1 cm³/mol. The van der Waals surface area contributed by atoms with Crippen LogP contribution in [-0.2, 0) is 20.9 Å². The lowest BCUT2D eigenvalue weighted by atomic mass is 9.73. The number of carbonyl (C=O) groups is 2. The van der Waals surface area contributed by atoms with Crippen molar-refractivity contribution in [1.82, 2.24) is 5.32 Å². The van der Waals surface area contributed by atoms with Crippen molar-refractivity contribution in [3.63, 3.8) is 0 Å². The summed E-state index contributed by atoms with van der Waals surface area (Å²) in [6.07, 6.45) is 3.67. The van der Waals surface area contributed by atoms with Crippen LogP contribution in [0.25, 0.3) is 0 Å². The molecule has 1 unspecified atom stereocenters. The van der Waals surface area contributed by atoms with E-state index in [1.165, 1.54) is 0 Å². The van der Waals surface area contributed by atoms with Crippen molar-refractivity contribution in [2.75, 3.05) is 13.1 Å². The molecule has 1 atom stereocenters. The van der Waals surface area contributed by atoms with Crippen LogP contribution in [0.1, 0.15) is 31.2 Å². The van der Waals surface area contributed by atoms with Crippen molar-refractivity contribution < 1.29 is 19.4 Å².